The molecule has 0 aliphatic carbocycles. The molecule has 0 aromatic heterocycles. The average molecular weight is 378 g/mol. The van der Waals surface area contributed by atoms with Gasteiger partial charge in [-0.05, 0) is 40.3 Å². The molecular weight excluding hydrogens is 347 g/mol. The van der Waals surface area contributed by atoms with Gasteiger partial charge in [0.1, 0.15) is 0 Å². The standard InChI is InChI=1S/C28H31B/c1-9-17-23-18(10-2)27(5,6)20-14-12-16-22-25(20)29(23)24-19(26(17,3)4)13-11-15-21(24)28(22,7)8/h9-16H,1H2,2-8H3/b18-10+. The topological polar surface area (TPSA) is 0 Å². The molecule has 3 aliphatic rings. The van der Waals surface area contributed by atoms with E-state index < -0.39 is 0 Å². The first-order valence-electron chi connectivity index (χ1n) is 10.9. The number of hydrogen-bond donors (Lipinski definition) is 0. The van der Waals surface area contributed by atoms with Crippen molar-refractivity contribution in [1.82, 2.24) is 0 Å². The van der Waals surface area contributed by atoms with E-state index in [1.54, 1.807) is 10.9 Å². The Morgan fingerprint density at radius 2 is 1.17 bits per heavy atom. The summed E-state index contributed by atoms with van der Waals surface area (Å²) in [6, 6.07) is 14.0. The van der Waals surface area contributed by atoms with Crippen LogP contribution in [0.2, 0.25) is 0 Å². The highest BCUT2D eigenvalue weighted by molar-refractivity contribution is 6.94. The second-order valence-corrected chi connectivity index (χ2v) is 10.6. The molecule has 2 aromatic carbocycles. The Morgan fingerprint density at radius 3 is 1.62 bits per heavy atom. The Bertz CT molecular complexity index is 1150. The fourth-order valence-corrected chi connectivity index (χ4v) is 6.81. The molecule has 0 N–H and O–H groups in total. The summed E-state index contributed by atoms with van der Waals surface area (Å²) in [6.07, 6.45) is 4.50. The molecule has 0 saturated carbocycles. The molecule has 29 heavy (non-hydrogen) atoms. The molecule has 3 aliphatic heterocycles. The zero-order valence-corrected chi connectivity index (χ0v) is 18.9. The van der Waals surface area contributed by atoms with Crippen molar-refractivity contribution in [3.8, 4) is 0 Å². The molecule has 0 unspecified atom stereocenters. The molecule has 0 saturated heterocycles. The van der Waals surface area contributed by atoms with E-state index in [0.717, 1.165) is 0 Å². The van der Waals surface area contributed by atoms with E-state index in [4.69, 9.17) is 0 Å². The molecule has 5 rings (SSSR count). The first-order chi connectivity index (χ1) is 13.6. The van der Waals surface area contributed by atoms with Crippen molar-refractivity contribution in [2.75, 3.05) is 0 Å². The molecule has 0 radical (unpaired) electrons. The van der Waals surface area contributed by atoms with Crippen LogP contribution in [0, 0.1) is 0 Å². The number of rotatable bonds is 1. The Labute approximate surface area is 176 Å². The minimum absolute atomic E-state index is 0.00354. The van der Waals surface area contributed by atoms with Crippen LogP contribution in [-0.2, 0) is 16.2 Å². The highest BCUT2D eigenvalue weighted by Gasteiger charge is 2.54. The van der Waals surface area contributed by atoms with E-state index in [9.17, 15) is 0 Å². The van der Waals surface area contributed by atoms with Crippen molar-refractivity contribution in [1.29, 1.82) is 0 Å². The lowest BCUT2D eigenvalue weighted by Crippen LogP contribution is -2.65. The zero-order valence-electron chi connectivity index (χ0n) is 18.9. The van der Waals surface area contributed by atoms with Crippen molar-refractivity contribution in [3.63, 3.8) is 0 Å². The Kier molecular flexibility index (Phi) is 3.52. The molecule has 1 heteroatoms. The van der Waals surface area contributed by atoms with Crippen LogP contribution < -0.4 is 10.9 Å². The normalized spacial score (nSPS) is 23.1. The predicted molar refractivity (Wildman–Crippen MR) is 127 cm³/mol. The van der Waals surface area contributed by atoms with Crippen LogP contribution in [0.1, 0.15) is 70.7 Å². The summed E-state index contributed by atoms with van der Waals surface area (Å²) >= 11 is 0. The molecule has 3 heterocycles. The summed E-state index contributed by atoms with van der Waals surface area (Å²) in [4.78, 5) is 0. The smallest absolute Gasteiger partial charge is 0.0988 e. The molecule has 0 atom stereocenters. The molecule has 0 amide bonds. The minimum Gasteiger partial charge on any atom is -0.0988 e. The van der Waals surface area contributed by atoms with Gasteiger partial charge in [-0.1, -0.05) is 113 Å². The summed E-state index contributed by atoms with van der Waals surface area (Å²) in [5.74, 6) is 0. The fraction of sp³-hybridized carbons (Fsp3) is 0.357. The lowest BCUT2D eigenvalue weighted by Gasteiger charge is -2.53. The third-order valence-corrected chi connectivity index (χ3v) is 8.19. The van der Waals surface area contributed by atoms with Gasteiger partial charge < -0.3 is 0 Å². The Balaban J connectivity index is 2.08. The van der Waals surface area contributed by atoms with Crippen LogP contribution in [0.25, 0.3) is 0 Å². The molecule has 146 valence electrons. The second-order valence-electron chi connectivity index (χ2n) is 10.6. The van der Waals surface area contributed by atoms with Gasteiger partial charge in [0.15, 0.2) is 0 Å². The minimum atomic E-state index is -0.0524. The van der Waals surface area contributed by atoms with Crippen molar-refractivity contribution >= 4 is 17.6 Å². The van der Waals surface area contributed by atoms with E-state index in [2.05, 4.69) is 104 Å². The van der Waals surface area contributed by atoms with Crippen molar-refractivity contribution < 1.29 is 0 Å². The first-order valence-corrected chi connectivity index (χ1v) is 10.9. The molecule has 0 spiro atoms. The Morgan fingerprint density at radius 1 is 0.724 bits per heavy atom. The fourth-order valence-electron chi connectivity index (χ4n) is 6.81. The predicted octanol–water partition coefficient (Wildman–Crippen LogP) is 5.49. The monoisotopic (exact) mass is 378 g/mol. The van der Waals surface area contributed by atoms with E-state index in [0.29, 0.717) is 6.71 Å². The molecule has 0 bridgehead atoms. The third kappa shape index (κ3) is 1.97. The van der Waals surface area contributed by atoms with Crippen LogP contribution >= 0.6 is 0 Å². The largest absolute Gasteiger partial charge is 0.243 e. The van der Waals surface area contributed by atoms with Crippen molar-refractivity contribution in [2.45, 2.75) is 64.7 Å². The van der Waals surface area contributed by atoms with Gasteiger partial charge in [-0.15, -0.1) is 0 Å². The van der Waals surface area contributed by atoms with Gasteiger partial charge in [-0.25, -0.2) is 0 Å². The van der Waals surface area contributed by atoms with Crippen LogP contribution in [0.3, 0.4) is 0 Å². The summed E-state index contributed by atoms with van der Waals surface area (Å²) < 4.78 is 0. The van der Waals surface area contributed by atoms with E-state index in [1.807, 2.05) is 0 Å². The van der Waals surface area contributed by atoms with Gasteiger partial charge in [0.05, 0.1) is 0 Å². The van der Waals surface area contributed by atoms with Gasteiger partial charge in [0, 0.05) is 16.2 Å². The first kappa shape index (κ1) is 18.7. The number of allylic oxidation sites excluding steroid dienone is 5. The van der Waals surface area contributed by atoms with Gasteiger partial charge in [-0.3, -0.25) is 0 Å². The van der Waals surface area contributed by atoms with E-state index >= 15 is 0 Å². The Hall–Kier alpha value is -2.28. The van der Waals surface area contributed by atoms with Crippen LogP contribution in [-0.4, -0.2) is 6.71 Å². The maximum atomic E-state index is 4.30. The van der Waals surface area contributed by atoms with Gasteiger partial charge >= 0.3 is 0 Å². The van der Waals surface area contributed by atoms with Crippen LogP contribution in [0.15, 0.2) is 71.7 Å². The number of benzene rings is 2. The van der Waals surface area contributed by atoms with Crippen molar-refractivity contribution in [3.05, 3.63) is 94.0 Å². The van der Waals surface area contributed by atoms with Crippen molar-refractivity contribution in [2.24, 2.45) is 0 Å². The maximum absolute atomic E-state index is 4.30. The lowest BCUT2D eigenvalue weighted by molar-refractivity contribution is 0.588. The number of hydrogen-bond acceptors (Lipinski definition) is 0. The highest BCUT2D eigenvalue weighted by atomic mass is 14.5. The van der Waals surface area contributed by atoms with Gasteiger partial charge in [0.2, 0.25) is 6.71 Å². The lowest BCUT2D eigenvalue weighted by atomic mass is 9.22. The molecule has 0 nitrogen and oxygen atoms in total. The van der Waals surface area contributed by atoms with E-state index in [-0.39, 0.29) is 16.2 Å². The highest BCUT2D eigenvalue weighted by Crippen LogP contribution is 2.51. The maximum Gasteiger partial charge on any atom is 0.243 e. The molecular formula is C28H31B. The van der Waals surface area contributed by atoms with Crippen LogP contribution in [0.5, 0.6) is 0 Å². The average Bonchev–Trinajstić information content (AvgIpc) is 2.66. The summed E-state index contributed by atoms with van der Waals surface area (Å²) in [6.45, 7) is 21.2. The second kappa shape index (κ2) is 5.45. The SMILES string of the molecule is C=CC1=C2B3c4c(cccc4C(C)(C)c4cccc(c43)C(C)(C)/C2=C/C)C1(C)C. The quantitative estimate of drug-likeness (QED) is 0.576. The molecule has 0 fully saturated rings. The van der Waals surface area contributed by atoms with Crippen LogP contribution in [0.4, 0.5) is 0 Å². The zero-order chi connectivity index (χ0) is 20.9. The van der Waals surface area contributed by atoms with Gasteiger partial charge in [-0.2, -0.15) is 0 Å². The summed E-state index contributed by atoms with van der Waals surface area (Å²) in [5.41, 5.74) is 13.4. The molecule has 2 aromatic rings. The van der Waals surface area contributed by atoms with Gasteiger partial charge in [0.25, 0.3) is 0 Å². The van der Waals surface area contributed by atoms with E-state index in [1.165, 1.54) is 38.9 Å². The third-order valence-electron chi connectivity index (χ3n) is 8.19. The summed E-state index contributed by atoms with van der Waals surface area (Å²) in [7, 11) is 0. The summed E-state index contributed by atoms with van der Waals surface area (Å²) in [5, 5.41) is 0.